The topological polar surface area (TPSA) is 96.4 Å². The third kappa shape index (κ3) is 8.70. The fraction of sp³-hybridized carbons (Fsp3) is 0.706. The van der Waals surface area contributed by atoms with Crippen LogP contribution < -0.4 is 9.64 Å². The minimum absolute atomic E-state index is 0.0448. The molecule has 1 aromatic carbocycles. The highest BCUT2D eigenvalue weighted by molar-refractivity contribution is 5.97. The summed E-state index contributed by atoms with van der Waals surface area (Å²) in [5.74, 6) is 0.817. The number of nitrogens with zero attached hydrogens (tertiary/aromatic N) is 7. The van der Waals surface area contributed by atoms with Gasteiger partial charge in [0.05, 0.1) is 18.3 Å². The van der Waals surface area contributed by atoms with E-state index in [2.05, 4.69) is 50.8 Å². The van der Waals surface area contributed by atoms with Crippen molar-refractivity contribution in [2.24, 2.45) is 11.3 Å². The molecule has 2 aliphatic heterocycles. The lowest BCUT2D eigenvalue weighted by atomic mass is 9.76. The molecule has 1 aromatic heterocycles. The summed E-state index contributed by atoms with van der Waals surface area (Å²) in [5, 5.41) is 8.23. The Morgan fingerprint density at radius 1 is 1.15 bits per heavy atom. The van der Waals surface area contributed by atoms with Gasteiger partial charge in [-0.3, -0.25) is 9.69 Å². The molecule has 2 unspecified atom stereocenters. The average molecular weight is 644 g/mol. The van der Waals surface area contributed by atoms with Gasteiger partial charge in [-0.05, 0) is 77.7 Å². The smallest absolute Gasteiger partial charge is 0.282 e. The molecule has 0 N–H and O–H groups in total. The number of rotatable bonds is 17. The van der Waals surface area contributed by atoms with E-state index in [-0.39, 0.29) is 40.7 Å². The van der Waals surface area contributed by atoms with Gasteiger partial charge in [0.1, 0.15) is 17.9 Å². The van der Waals surface area contributed by atoms with E-state index in [0.717, 1.165) is 58.5 Å². The predicted molar refractivity (Wildman–Crippen MR) is 177 cm³/mol. The summed E-state index contributed by atoms with van der Waals surface area (Å²) >= 11 is 0. The molecule has 0 aliphatic carbocycles. The average Bonchev–Trinajstić information content (AvgIpc) is 3.45. The number of likely N-dealkylation sites (N-methyl/N-ethyl adjacent to an activating group) is 1. The Kier molecular flexibility index (Phi) is 12.7. The summed E-state index contributed by atoms with van der Waals surface area (Å²) in [6, 6.07) is 4.48. The number of halogens is 1. The van der Waals surface area contributed by atoms with E-state index in [0.29, 0.717) is 30.9 Å². The Hall–Kier alpha value is -2.93. The summed E-state index contributed by atoms with van der Waals surface area (Å²) < 4.78 is 31.3. The van der Waals surface area contributed by atoms with Gasteiger partial charge in [0.15, 0.2) is 5.82 Å². The molecular weight excluding hydrogens is 589 g/mol. The summed E-state index contributed by atoms with van der Waals surface area (Å²) in [4.78, 5) is 26.8. The second-order valence-electron chi connectivity index (χ2n) is 13.6. The predicted octanol–water partition coefficient (Wildman–Crippen LogP) is 4.58. The third-order valence-corrected chi connectivity index (χ3v) is 9.47. The van der Waals surface area contributed by atoms with Gasteiger partial charge in [-0.15, -0.1) is 10.2 Å². The SMILES string of the molecule is CCN(C(=O)c1cc(F)ccc1Oc1nncnc1N1CCC2(C1)CN(C(CCCN(C)CC(COC)OC)C(C)C)C2)C(C)C. The highest BCUT2D eigenvalue weighted by Crippen LogP contribution is 2.44. The number of carbonyl (C=O) groups excluding carboxylic acids is 1. The molecule has 3 heterocycles. The molecule has 1 amide bonds. The van der Waals surface area contributed by atoms with Crippen LogP contribution in [0.3, 0.4) is 0 Å². The number of anilines is 1. The Labute approximate surface area is 274 Å². The molecule has 2 aromatic rings. The van der Waals surface area contributed by atoms with Crippen LogP contribution in [-0.2, 0) is 9.47 Å². The van der Waals surface area contributed by atoms with Gasteiger partial charge >= 0.3 is 0 Å². The van der Waals surface area contributed by atoms with Gasteiger partial charge in [-0.1, -0.05) is 13.8 Å². The fourth-order valence-corrected chi connectivity index (χ4v) is 7.05. The van der Waals surface area contributed by atoms with E-state index >= 15 is 0 Å². The van der Waals surface area contributed by atoms with Crippen LogP contribution in [0, 0.1) is 17.2 Å². The molecule has 12 heteroatoms. The van der Waals surface area contributed by atoms with Crippen LogP contribution >= 0.6 is 0 Å². The summed E-state index contributed by atoms with van der Waals surface area (Å²) in [7, 11) is 5.60. The van der Waals surface area contributed by atoms with Gasteiger partial charge in [0.2, 0.25) is 0 Å². The Morgan fingerprint density at radius 2 is 1.91 bits per heavy atom. The molecule has 0 saturated carbocycles. The molecule has 2 atom stereocenters. The lowest BCUT2D eigenvalue weighted by Crippen LogP contribution is -2.62. The number of hydrogen-bond acceptors (Lipinski definition) is 10. The van der Waals surface area contributed by atoms with E-state index in [1.807, 2.05) is 20.8 Å². The Balaban J connectivity index is 1.38. The second kappa shape index (κ2) is 16.3. The van der Waals surface area contributed by atoms with E-state index in [9.17, 15) is 9.18 Å². The van der Waals surface area contributed by atoms with Gasteiger partial charge in [-0.2, -0.15) is 0 Å². The quantitative estimate of drug-likeness (QED) is 0.244. The Morgan fingerprint density at radius 3 is 2.57 bits per heavy atom. The first kappa shape index (κ1) is 35.9. The van der Waals surface area contributed by atoms with E-state index in [1.54, 1.807) is 19.1 Å². The zero-order valence-electron chi connectivity index (χ0n) is 29.0. The number of likely N-dealkylation sites (tertiary alicyclic amines) is 1. The van der Waals surface area contributed by atoms with Gasteiger partial charge in [-0.25, -0.2) is 9.37 Å². The van der Waals surface area contributed by atoms with Crippen molar-refractivity contribution >= 4 is 11.7 Å². The zero-order valence-corrected chi connectivity index (χ0v) is 29.0. The molecular formula is C34H54FN7O4. The molecule has 0 bridgehead atoms. The van der Waals surface area contributed by atoms with Crippen molar-refractivity contribution in [1.82, 2.24) is 29.9 Å². The van der Waals surface area contributed by atoms with Crippen LogP contribution in [0.25, 0.3) is 0 Å². The lowest BCUT2D eigenvalue weighted by Gasteiger charge is -2.53. The third-order valence-electron chi connectivity index (χ3n) is 9.47. The van der Waals surface area contributed by atoms with Crippen molar-refractivity contribution in [1.29, 1.82) is 0 Å². The summed E-state index contributed by atoms with van der Waals surface area (Å²) in [6.07, 6.45) is 4.85. The van der Waals surface area contributed by atoms with Crippen molar-refractivity contribution in [3.63, 3.8) is 0 Å². The van der Waals surface area contributed by atoms with Crippen molar-refractivity contribution in [2.45, 2.75) is 72.1 Å². The number of benzene rings is 1. The van der Waals surface area contributed by atoms with Crippen LogP contribution in [0.2, 0.25) is 0 Å². The van der Waals surface area contributed by atoms with Crippen molar-refractivity contribution < 1.29 is 23.4 Å². The zero-order chi connectivity index (χ0) is 33.4. The highest BCUT2D eigenvalue weighted by atomic mass is 19.1. The first-order valence-electron chi connectivity index (χ1n) is 16.7. The molecule has 11 nitrogen and oxygen atoms in total. The number of hydrogen-bond donors (Lipinski definition) is 0. The molecule has 256 valence electrons. The van der Waals surface area contributed by atoms with Gasteiger partial charge < -0.3 is 28.9 Å². The van der Waals surface area contributed by atoms with Crippen LogP contribution in [0.1, 0.15) is 64.2 Å². The number of ether oxygens (including phenoxy) is 3. The maximum absolute atomic E-state index is 14.3. The number of aromatic nitrogens is 3. The van der Waals surface area contributed by atoms with E-state index in [1.165, 1.54) is 24.5 Å². The maximum Gasteiger partial charge on any atom is 0.282 e. The summed E-state index contributed by atoms with van der Waals surface area (Å²) in [6.45, 7) is 17.2. The summed E-state index contributed by atoms with van der Waals surface area (Å²) in [5.41, 5.74) is 0.340. The minimum atomic E-state index is -0.502. The van der Waals surface area contributed by atoms with Crippen LogP contribution in [0.15, 0.2) is 24.5 Å². The standard InChI is InChI=1S/C34H54FN7O4/c1-9-42(25(4)5)33(43)28-17-26(35)12-13-30(28)46-32-31(36-23-37-38-32)40-16-14-34(20-40)21-41(22-34)29(24(2)3)11-10-15-39(6)18-27(45-8)19-44-7/h12-13,17,23-25,27,29H,9-11,14-16,18-22H2,1-8H3. The minimum Gasteiger partial charge on any atom is -0.434 e. The second-order valence-corrected chi connectivity index (χ2v) is 13.6. The van der Waals surface area contributed by atoms with Crippen LogP contribution in [0.4, 0.5) is 10.2 Å². The van der Waals surface area contributed by atoms with Gasteiger partial charge in [0, 0.05) is 71.0 Å². The molecule has 4 rings (SSSR count). The van der Waals surface area contributed by atoms with Crippen molar-refractivity contribution in [3.8, 4) is 11.6 Å². The number of carbonyl (C=O) groups is 1. The van der Waals surface area contributed by atoms with Crippen molar-refractivity contribution in [3.05, 3.63) is 35.9 Å². The van der Waals surface area contributed by atoms with Crippen molar-refractivity contribution in [2.75, 3.05) is 78.6 Å². The maximum atomic E-state index is 14.3. The lowest BCUT2D eigenvalue weighted by molar-refractivity contribution is -0.0350. The first-order chi connectivity index (χ1) is 22.0. The molecule has 1 spiro atoms. The highest BCUT2D eigenvalue weighted by Gasteiger charge is 2.50. The molecule has 2 saturated heterocycles. The van der Waals surface area contributed by atoms with E-state index in [4.69, 9.17) is 14.2 Å². The van der Waals surface area contributed by atoms with E-state index < -0.39 is 5.82 Å². The fourth-order valence-electron chi connectivity index (χ4n) is 7.05. The number of amides is 1. The monoisotopic (exact) mass is 643 g/mol. The molecule has 2 fully saturated rings. The molecule has 0 radical (unpaired) electrons. The number of methoxy groups -OCH3 is 2. The first-order valence-corrected chi connectivity index (χ1v) is 16.7. The van der Waals surface area contributed by atoms with Crippen LogP contribution in [-0.4, -0.2) is 128 Å². The molecule has 46 heavy (non-hydrogen) atoms. The van der Waals surface area contributed by atoms with Gasteiger partial charge in [0.25, 0.3) is 11.8 Å². The normalized spacial score (nSPS) is 17.6. The largest absolute Gasteiger partial charge is 0.434 e. The Bertz CT molecular complexity index is 1280. The molecule has 2 aliphatic rings. The van der Waals surface area contributed by atoms with Crippen LogP contribution in [0.5, 0.6) is 11.6 Å².